The summed E-state index contributed by atoms with van der Waals surface area (Å²) in [5.74, 6) is 1.01. The second-order valence-corrected chi connectivity index (χ2v) is 13.3. The van der Waals surface area contributed by atoms with Gasteiger partial charge in [0, 0.05) is 45.7 Å². The van der Waals surface area contributed by atoms with E-state index in [1.54, 1.807) is 27.7 Å². The van der Waals surface area contributed by atoms with Crippen LogP contribution in [0.5, 0.6) is 0 Å². The zero-order valence-corrected chi connectivity index (χ0v) is 19.3. The first kappa shape index (κ1) is 22.2. The van der Waals surface area contributed by atoms with Crippen LogP contribution in [-0.4, -0.2) is 45.5 Å². The van der Waals surface area contributed by atoms with E-state index in [4.69, 9.17) is 4.74 Å². The van der Waals surface area contributed by atoms with Crippen LogP contribution in [0.25, 0.3) is 22.0 Å². The molecule has 2 aromatic heterocycles. The standard InChI is InChI=1S/C20H25BrF3N3OS/c1-5-26-12-17(16-8-15(21)9-18(19(16)26)20(22,23)24)14-10-25-27(11-14)13-28-6-7-29(2,3)4/h8-12H,5-7,13H2,1-4H3. The Morgan fingerprint density at radius 2 is 1.90 bits per heavy atom. The molecule has 29 heavy (non-hydrogen) atoms. The lowest BCUT2D eigenvalue weighted by molar-refractivity contribution is -0.136. The maximum atomic E-state index is 13.6. The summed E-state index contributed by atoms with van der Waals surface area (Å²) >= 11 is 3.23. The minimum absolute atomic E-state index is 0.190. The SMILES string of the molecule is CCn1cc(-c2cnn(COCCS(C)(C)C)c2)c2cc(Br)cc(C(F)(F)F)c21. The quantitative estimate of drug-likeness (QED) is 0.381. The van der Waals surface area contributed by atoms with Gasteiger partial charge in [-0.2, -0.15) is 18.3 Å². The summed E-state index contributed by atoms with van der Waals surface area (Å²) in [6.45, 7) is 3.25. The van der Waals surface area contributed by atoms with E-state index < -0.39 is 21.8 Å². The van der Waals surface area contributed by atoms with Crippen molar-refractivity contribution in [1.82, 2.24) is 14.3 Å². The molecular weight excluding hydrogens is 467 g/mol. The van der Waals surface area contributed by atoms with Crippen molar-refractivity contribution < 1.29 is 17.9 Å². The molecule has 2 heterocycles. The zero-order valence-electron chi connectivity index (χ0n) is 16.9. The van der Waals surface area contributed by atoms with E-state index >= 15 is 0 Å². The Bertz CT molecular complexity index is 1000. The molecule has 9 heteroatoms. The Morgan fingerprint density at radius 3 is 2.52 bits per heavy atom. The molecule has 0 aliphatic rings. The van der Waals surface area contributed by atoms with E-state index in [1.165, 1.54) is 0 Å². The van der Waals surface area contributed by atoms with Gasteiger partial charge in [-0.3, -0.25) is 0 Å². The number of nitrogens with zero attached hydrogens (tertiary/aromatic N) is 3. The second-order valence-electron chi connectivity index (χ2n) is 7.78. The van der Waals surface area contributed by atoms with E-state index in [0.29, 0.717) is 29.7 Å². The number of aryl methyl sites for hydroxylation is 1. The topological polar surface area (TPSA) is 32.0 Å². The van der Waals surface area contributed by atoms with E-state index in [-0.39, 0.29) is 5.52 Å². The summed E-state index contributed by atoms with van der Waals surface area (Å²) in [4.78, 5) is 0. The predicted molar refractivity (Wildman–Crippen MR) is 118 cm³/mol. The molecule has 0 atom stereocenters. The first-order valence-electron chi connectivity index (χ1n) is 9.16. The van der Waals surface area contributed by atoms with Crippen LogP contribution in [0.2, 0.25) is 0 Å². The van der Waals surface area contributed by atoms with Gasteiger partial charge in [0.2, 0.25) is 0 Å². The molecular formula is C20H25BrF3N3OS. The van der Waals surface area contributed by atoms with Crippen molar-refractivity contribution in [3.05, 3.63) is 40.8 Å². The monoisotopic (exact) mass is 491 g/mol. The fraction of sp³-hybridized carbons (Fsp3) is 0.450. The molecule has 0 amide bonds. The number of hydrogen-bond donors (Lipinski definition) is 0. The van der Waals surface area contributed by atoms with Crippen LogP contribution in [0.1, 0.15) is 12.5 Å². The lowest BCUT2D eigenvalue weighted by atomic mass is 10.1. The Hall–Kier alpha value is -1.45. The number of benzene rings is 1. The molecule has 0 aliphatic carbocycles. The molecule has 0 radical (unpaired) electrons. The highest BCUT2D eigenvalue weighted by Crippen LogP contribution is 2.41. The van der Waals surface area contributed by atoms with Crippen LogP contribution in [0.15, 0.2) is 35.2 Å². The molecule has 0 spiro atoms. The van der Waals surface area contributed by atoms with Gasteiger partial charge < -0.3 is 9.30 Å². The molecule has 3 aromatic rings. The smallest absolute Gasteiger partial charge is 0.358 e. The lowest BCUT2D eigenvalue weighted by Crippen LogP contribution is -2.10. The minimum Gasteiger partial charge on any atom is -0.358 e. The maximum absolute atomic E-state index is 13.6. The summed E-state index contributed by atoms with van der Waals surface area (Å²) in [6.07, 6.45) is 7.51. The lowest BCUT2D eigenvalue weighted by Gasteiger charge is -2.24. The number of ether oxygens (including phenoxy) is 1. The van der Waals surface area contributed by atoms with E-state index in [2.05, 4.69) is 39.8 Å². The molecule has 4 nitrogen and oxygen atoms in total. The van der Waals surface area contributed by atoms with Gasteiger partial charge in [-0.05, 0) is 37.8 Å². The van der Waals surface area contributed by atoms with Gasteiger partial charge in [-0.15, -0.1) is 0 Å². The van der Waals surface area contributed by atoms with Gasteiger partial charge in [0.15, 0.2) is 0 Å². The summed E-state index contributed by atoms with van der Waals surface area (Å²) in [7, 11) is -0.615. The fourth-order valence-electron chi connectivity index (χ4n) is 3.14. The third kappa shape index (κ3) is 5.19. The molecule has 160 valence electrons. The van der Waals surface area contributed by atoms with Crippen LogP contribution in [-0.2, 0) is 24.2 Å². The summed E-state index contributed by atoms with van der Waals surface area (Å²) in [5.41, 5.74) is 1.03. The van der Waals surface area contributed by atoms with Crippen molar-refractivity contribution >= 4 is 36.9 Å². The van der Waals surface area contributed by atoms with Gasteiger partial charge in [0.25, 0.3) is 0 Å². The number of hydrogen-bond acceptors (Lipinski definition) is 2. The van der Waals surface area contributed by atoms with Crippen molar-refractivity contribution in [1.29, 1.82) is 0 Å². The molecule has 0 N–H and O–H groups in total. The van der Waals surface area contributed by atoms with E-state index in [1.807, 2.05) is 13.1 Å². The molecule has 3 rings (SSSR count). The summed E-state index contributed by atoms with van der Waals surface area (Å²) in [5, 5.41) is 4.86. The van der Waals surface area contributed by atoms with Crippen molar-refractivity contribution in [2.75, 3.05) is 31.1 Å². The molecule has 0 unspecified atom stereocenters. The van der Waals surface area contributed by atoms with Gasteiger partial charge >= 0.3 is 6.18 Å². The van der Waals surface area contributed by atoms with Crippen LogP contribution >= 0.6 is 26.0 Å². The first-order valence-corrected chi connectivity index (χ1v) is 13.0. The van der Waals surface area contributed by atoms with Crippen molar-refractivity contribution in [3.63, 3.8) is 0 Å². The molecule has 0 saturated carbocycles. The third-order valence-electron chi connectivity index (χ3n) is 4.59. The van der Waals surface area contributed by atoms with Gasteiger partial charge in [-0.25, -0.2) is 14.7 Å². The Labute approximate surface area is 178 Å². The molecule has 0 bridgehead atoms. The highest BCUT2D eigenvalue weighted by atomic mass is 79.9. The minimum atomic E-state index is -4.43. The second kappa shape index (κ2) is 8.35. The number of aromatic nitrogens is 3. The summed E-state index contributed by atoms with van der Waals surface area (Å²) in [6, 6.07) is 2.86. The molecule has 0 aliphatic heterocycles. The number of alkyl halides is 3. The molecule has 0 fully saturated rings. The first-order chi connectivity index (χ1) is 13.5. The van der Waals surface area contributed by atoms with Crippen molar-refractivity contribution in [3.8, 4) is 11.1 Å². The van der Waals surface area contributed by atoms with Crippen molar-refractivity contribution in [2.45, 2.75) is 26.4 Å². The highest BCUT2D eigenvalue weighted by Gasteiger charge is 2.35. The molecule has 0 saturated heterocycles. The van der Waals surface area contributed by atoms with Crippen LogP contribution in [0.4, 0.5) is 13.2 Å². The van der Waals surface area contributed by atoms with Crippen molar-refractivity contribution in [2.24, 2.45) is 0 Å². The largest absolute Gasteiger partial charge is 0.418 e. The average Bonchev–Trinajstić information content (AvgIpc) is 3.20. The molecule has 1 aromatic carbocycles. The van der Waals surface area contributed by atoms with Gasteiger partial charge in [0.1, 0.15) is 6.73 Å². The maximum Gasteiger partial charge on any atom is 0.418 e. The Balaban J connectivity index is 1.93. The number of halogens is 4. The average molecular weight is 492 g/mol. The zero-order chi connectivity index (χ0) is 21.4. The predicted octanol–water partition coefficient (Wildman–Crippen LogP) is 5.97. The fourth-order valence-corrected chi connectivity index (χ4v) is 4.22. The van der Waals surface area contributed by atoms with Crippen LogP contribution in [0, 0.1) is 0 Å². The van der Waals surface area contributed by atoms with Gasteiger partial charge in [-0.1, -0.05) is 15.9 Å². The third-order valence-corrected chi connectivity index (χ3v) is 6.44. The van der Waals surface area contributed by atoms with E-state index in [0.717, 1.165) is 22.9 Å². The normalized spacial score (nSPS) is 13.4. The van der Waals surface area contributed by atoms with Crippen LogP contribution < -0.4 is 0 Å². The van der Waals surface area contributed by atoms with E-state index in [9.17, 15) is 13.2 Å². The number of rotatable bonds is 7. The highest BCUT2D eigenvalue weighted by molar-refractivity contribution is 9.10. The Kier molecular flexibility index (Phi) is 6.41. The number of fused-ring (bicyclic) bond motifs is 1. The Morgan fingerprint density at radius 1 is 1.17 bits per heavy atom. The van der Waals surface area contributed by atoms with Gasteiger partial charge in [0.05, 0.1) is 23.9 Å². The van der Waals surface area contributed by atoms with Crippen LogP contribution in [0.3, 0.4) is 0 Å². The summed E-state index contributed by atoms with van der Waals surface area (Å²) < 4.78 is 50.3.